The molecule has 3 rings (SSSR count). The van der Waals surface area contributed by atoms with E-state index in [2.05, 4.69) is 31.2 Å². The lowest BCUT2D eigenvalue weighted by molar-refractivity contribution is 0.627. The van der Waals surface area contributed by atoms with Crippen LogP contribution in [0.4, 0.5) is 4.39 Å². The molecule has 19 heavy (non-hydrogen) atoms. The second kappa shape index (κ2) is 5.16. The predicted octanol–water partition coefficient (Wildman–Crippen LogP) is 5.07. The number of benzene rings is 2. The SMILES string of the molecule is Cc1cccc2c1-c1c(F)cccc1CCCCC2. The molecule has 0 saturated heterocycles. The van der Waals surface area contributed by atoms with E-state index in [0.717, 1.165) is 36.0 Å². The van der Waals surface area contributed by atoms with Crippen LogP contribution in [-0.4, -0.2) is 0 Å². The fourth-order valence-corrected chi connectivity index (χ4v) is 3.16. The van der Waals surface area contributed by atoms with Crippen molar-refractivity contribution in [3.63, 3.8) is 0 Å². The van der Waals surface area contributed by atoms with Gasteiger partial charge in [0.2, 0.25) is 0 Å². The Morgan fingerprint density at radius 1 is 0.789 bits per heavy atom. The molecule has 0 unspecified atom stereocenters. The van der Waals surface area contributed by atoms with E-state index in [0.29, 0.717) is 0 Å². The van der Waals surface area contributed by atoms with Crippen molar-refractivity contribution in [3.05, 3.63) is 58.9 Å². The van der Waals surface area contributed by atoms with E-state index in [1.165, 1.54) is 24.0 Å². The Balaban J connectivity index is 2.30. The summed E-state index contributed by atoms with van der Waals surface area (Å²) in [4.78, 5) is 0. The minimum atomic E-state index is -0.0741. The van der Waals surface area contributed by atoms with Gasteiger partial charge in [-0.15, -0.1) is 0 Å². The largest absolute Gasteiger partial charge is 0.206 e. The van der Waals surface area contributed by atoms with Gasteiger partial charge < -0.3 is 0 Å². The molecule has 2 aromatic rings. The van der Waals surface area contributed by atoms with Crippen molar-refractivity contribution in [2.45, 2.75) is 39.0 Å². The summed E-state index contributed by atoms with van der Waals surface area (Å²) < 4.78 is 14.4. The fourth-order valence-electron chi connectivity index (χ4n) is 3.16. The van der Waals surface area contributed by atoms with E-state index in [9.17, 15) is 4.39 Å². The summed E-state index contributed by atoms with van der Waals surface area (Å²) >= 11 is 0. The molecule has 0 amide bonds. The molecule has 0 nitrogen and oxygen atoms in total. The lowest BCUT2D eigenvalue weighted by Crippen LogP contribution is -1.98. The zero-order chi connectivity index (χ0) is 13.2. The van der Waals surface area contributed by atoms with Crippen molar-refractivity contribution < 1.29 is 4.39 Å². The monoisotopic (exact) mass is 254 g/mol. The Morgan fingerprint density at radius 3 is 2.16 bits per heavy atom. The van der Waals surface area contributed by atoms with Crippen molar-refractivity contribution in [1.82, 2.24) is 0 Å². The van der Waals surface area contributed by atoms with Gasteiger partial charge in [-0.25, -0.2) is 4.39 Å². The van der Waals surface area contributed by atoms with Crippen molar-refractivity contribution in [2.75, 3.05) is 0 Å². The van der Waals surface area contributed by atoms with Gasteiger partial charge in [0.15, 0.2) is 0 Å². The molecule has 2 aromatic carbocycles. The Hall–Kier alpha value is -1.63. The minimum Gasteiger partial charge on any atom is -0.206 e. The topological polar surface area (TPSA) is 0 Å². The van der Waals surface area contributed by atoms with Crippen LogP contribution in [-0.2, 0) is 12.8 Å². The molecule has 0 heterocycles. The maximum absolute atomic E-state index is 14.4. The van der Waals surface area contributed by atoms with Crippen LogP contribution in [0, 0.1) is 12.7 Å². The quantitative estimate of drug-likeness (QED) is 0.615. The van der Waals surface area contributed by atoms with Crippen LogP contribution in [0.2, 0.25) is 0 Å². The van der Waals surface area contributed by atoms with Gasteiger partial charge in [-0.05, 0) is 60.9 Å². The summed E-state index contributed by atoms with van der Waals surface area (Å²) in [7, 11) is 0. The van der Waals surface area contributed by atoms with Gasteiger partial charge in [0.25, 0.3) is 0 Å². The van der Waals surface area contributed by atoms with Crippen molar-refractivity contribution in [1.29, 1.82) is 0 Å². The highest BCUT2D eigenvalue weighted by atomic mass is 19.1. The number of halogens is 1. The molecule has 0 N–H and O–H groups in total. The van der Waals surface area contributed by atoms with Crippen LogP contribution in [0.25, 0.3) is 11.1 Å². The first-order valence-corrected chi connectivity index (χ1v) is 7.13. The summed E-state index contributed by atoms with van der Waals surface area (Å²) in [5.74, 6) is -0.0741. The van der Waals surface area contributed by atoms with Crippen LogP contribution in [0.1, 0.15) is 36.0 Å². The van der Waals surface area contributed by atoms with E-state index < -0.39 is 0 Å². The lowest BCUT2D eigenvalue weighted by atomic mass is 9.89. The van der Waals surface area contributed by atoms with E-state index in [-0.39, 0.29) is 5.82 Å². The fraction of sp³-hybridized carbons (Fsp3) is 0.333. The summed E-state index contributed by atoms with van der Waals surface area (Å²) in [6.45, 7) is 2.09. The number of hydrogen-bond donors (Lipinski definition) is 0. The number of rotatable bonds is 0. The van der Waals surface area contributed by atoms with E-state index in [1.807, 2.05) is 6.07 Å². The van der Waals surface area contributed by atoms with Crippen LogP contribution < -0.4 is 0 Å². The molecule has 0 aliphatic heterocycles. The molecule has 0 fully saturated rings. The zero-order valence-electron chi connectivity index (χ0n) is 11.4. The molecule has 1 heteroatoms. The molecule has 0 saturated carbocycles. The first-order valence-electron chi connectivity index (χ1n) is 7.13. The molecule has 0 atom stereocenters. The molecular formula is C18H19F. The second-order valence-corrected chi connectivity index (χ2v) is 5.44. The summed E-state index contributed by atoms with van der Waals surface area (Å²) in [5, 5.41) is 0. The molecule has 0 spiro atoms. The molecule has 1 aliphatic rings. The molecule has 0 bridgehead atoms. The zero-order valence-corrected chi connectivity index (χ0v) is 11.4. The first kappa shape index (κ1) is 12.4. The van der Waals surface area contributed by atoms with Gasteiger partial charge in [0, 0.05) is 5.56 Å². The average molecular weight is 254 g/mol. The lowest BCUT2D eigenvalue weighted by Gasteiger charge is -2.16. The van der Waals surface area contributed by atoms with Crippen LogP contribution >= 0.6 is 0 Å². The highest BCUT2D eigenvalue weighted by Gasteiger charge is 2.17. The maximum Gasteiger partial charge on any atom is 0.131 e. The average Bonchev–Trinajstić information content (AvgIpc) is 2.48. The molecule has 0 aromatic heterocycles. The van der Waals surface area contributed by atoms with Crippen LogP contribution in [0.15, 0.2) is 36.4 Å². The highest BCUT2D eigenvalue weighted by molar-refractivity contribution is 5.74. The predicted molar refractivity (Wildman–Crippen MR) is 77.8 cm³/mol. The number of hydrogen-bond acceptors (Lipinski definition) is 0. The van der Waals surface area contributed by atoms with Crippen molar-refractivity contribution in [2.24, 2.45) is 0 Å². The highest BCUT2D eigenvalue weighted by Crippen LogP contribution is 2.35. The Morgan fingerprint density at radius 2 is 1.42 bits per heavy atom. The summed E-state index contributed by atoms with van der Waals surface area (Å²) in [6, 6.07) is 11.8. The molecule has 1 aliphatic carbocycles. The molecular weight excluding hydrogens is 235 g/mol. The van der Waals surface area contributed by atoms with E-state index in [1.54, 1.807) is 6.07 Å². The van der Waals surface area contributed by atoms with Crippen molar-refractivity contribution in [3.8, 4) is 11.1 Å². The Kier molecular flexibility index (Phi) is 3.37. The number of aryl methyl sites for hydroxylation is 3. The third kappa shape index (κ3) is 2.30. The van der Waals surface area contributed by atoms with Gasteiger partial charge in [0.05, 0.1) is 0 Å². The van der Waals surface area contributed by atoms with Gasteiger partial charge >= 0.3 is 0 Å². The van der Waals surface area contributed by atoms with Gasteiger partial charge in [-0.3, -0.25) is 0 Å². The minimum absolute atomic E-state index is 0.0741. The van der Waals surface area contributed by atoms with Crippen molar-refractivity contribution >= 4 is 0 Å². The van der Waals surface area contributed by atoms with E-state index >= 15 is 0 Å². The Labute approximate surface area is 114 Å². The molecule has 0 radical (unpaired) electrons. The first-order chi connectivity index (χ1) is 9.27. The number of fused-ring (bicyclic) bond motifs is 3. The van der Waals surface area contributed by atoms with Gasteiger partial charge in [0.1, 0.15) is 5.82 Å². The third-order valence-corrected chi connectivity index (χ3v) is 4.10. The van der Waals surface area contributed by atoms with Gasteiger partial charge in [-0.2, -0.15) is 0 Å². The standard InChI is InChI=1S/C18H19F/c1-13-7-5-10-14-8-3-2-4-9-15-11-6-12-16(19)18(15)17(13)14/h5-7,10-12H,2-4,8-9H2,1H3. The third-order valence-electron chi connectivity index (χ3n) is 4.10. The van der Waals surface area contributed by atoms with Gasteiger partial charge in [-0.1, -0.05) is 36.8 Å². The maximum atomic E-state index is 14.4. The van der Waals surface area contributed by atoms with E-state index in [4.69, 9.17) is 0 Å². The smallest absolute Gasteiger partial charge is 0.131 e. The Bertz CT molecular complexity index is 545. The van der Waals surface area contributed by atoms with Crippen LogP contribution in [0.5, 0.6) is 0 Å². The molecule has 98 valence electrons. The summed E-state index contributed by atoms with van der Waals surface area (Å²) in [6.07, 6.45) is 5.63. The van der Waals surface area contributed by atoms with Crippen LogP contribution in [0.3, 0.4) is 0 Å². The second-order valence-electron chi connectivity index (χ2n) is 5.44. The normalized spacial score (nSPS) is 14.8. The summed E-state index contributed by atoms with van der Waals surface area (Å²) in [5.41, 5.74) is 5.63.